The number of hydrogen-bond acceptors (Lipinski definition) is 3. The lowest BCUT2D eigenvalue weighted by molar-refractivity contribution is -0.133. The summed E-state index contributed by atoms with van der Waals surface area (Å²) in [7, 11) is 0. The van der Waals surface area contributed by atoms with E-state index in [2.05, 4.69) is 0 Å². The number of carbonyl (C=O) groups excluding carboxylic acids is 2. The van der Waals surface area contributed by atoms with E-state index in [0.717, 1.165) is 0 Å². The van der Waals surface area contributed by atoms with Gasteiger partial charge in [-0.2, -0.15) is 0 Å². The van der Waals surface area contributed by atoms with Crippen molar-refractivity contribution in [1.29, 1.82) is 0 Å². The van der Waals surface area contributed by atoms with Gasteiger partial charge in [-0.1, -0.05) is 31.4 Å². The van der Waals surface area contributed by atoms with Gasteiger partial charge in [-0.25, -0.2) is 0 Å². The van der Waals surface area contributed by atoms with Crippen LogP contribution in [0, 0.1) is 5.92 Å². The summed E-state index contributed by atoms with van der Waals surface area (Å²) in [4.78, 5) is 28.8. The number of anilines is 1. The van der Waals surface area contributed by atoms with E-state index in [1.165, 1.54) is 32.1 Å². The molecule has 1 aromatic carbocycles. The third-order valence-corrected chi connectivity index (χ3v) is 5.30. The molecule has 0 radical (unpaired) electrons. The van der Waals surface area contributed by atoms with Gasteiger partial charge in [0.05, 0.1) is 5.56 Å². The number of amides is 2. The van der Waals surface area contributed by atoms with E-state index < -0.39 is 0 Å². The molecule has 1 saturated heterocycles. The molecule has 2 N–H and O–H groups in total. The van der Waals surface area contributed by atoms with Gasteiger partial charge >= 0.3 is 0 Å². The number of hydrogen-bond donors (Lipinski definition) is 1. The number of para-hydroxylation sites is 1. The molecule has 0 bridgehead atoms. The first kappa shape index (κ1) is 16.8. The topological polar surface area (TPSA) is 66.6 Å². The van der Waals surface area contributed by atoms with Crippen LogP contribution in [0.3, 0.4) is 0 Å². The molecule has 0 atom stereocenters. The van der Waals surface area contributed by atoms with Crippen molar-refractivity contribution >= 4 is 17.5 Å². The monoisotopic (exact) mass is 329 g/mol. The van der Waals surface area contributed by atoms with E-state index in [9.17, 15) is 9.59 Å². The molecule has 0 aromatic heterocycles. The number of benzene rings is 1. The molecule has 2 aliphatic rings. The minimum absolute atomic E-state index is 0.0347. The zero-order valence-electron chi connectivity index (χ0n) is 14.2. The second-order valence-electron chi connectivity index (χ2n) is 6.97. The molecular weight excluding hydrogens is 302 g/mol. The lowest BCUT2D eigenvalue weighted by atomic mass is 9.86. The standard InChI is InChI=1S/C19H27N3O2/c20-17-9-5-4-8-16(17)19(24)22-12-10-21(11-13-22)18(23)14-15-6-2-1-3-7-15/h4-5,8-9,15H,1-3,6-7,10-14,20H2. The van der Waals surface area contributed by atoms with E-state index in [4.69, 9.17) is 5.73 Å². The fourth-order valence-corrected chi connectivity index (χ4v) is 3.79. The van der Waals surface area contributed by atoms with E-state index >= 15 is 0 Å². The van der Waals surface area contributed by atoms with Gasteiger partial charge in [-0.05, 0) is 30.9 Å². The summed E-state index contributed by atoms with van der Waals surface area (Å²) in [5, 5.41) is 0. The van der Waals surface area contributed by atoms with Crippen LogP contribution < -0.4 is 5.73 Å². The Balaban J connectivity index is 1.51. The lowest BCUT2D eigenvalue weighted by Crippen LogP contribution is -2.51. The Bertz CT molecular complexity index is 588. The SMILES string of the molecule is Nc1ccccc1C(=O)N1CCN(C(=O)CC2CCCCC2)CC1. The Kier molecular flexibility index (Phi) is 5.38. The van der Waals surface area contributed by atoms with Crippen molar-refractivity contribution in [2.75, 3.05) is 31.9 Å². The van der Waals surface area contributed by atoms with Gasteiger partial charge in [0, 0.05) is 38.3 Å². The van der Waals surface area contributed by atoms with E-state index in [-0.39, 0.29) is 11.8 Å². The third-order valence-electron chi connectivity index (χ3n) is 5.30. The van der Waals surface area contributed by atoms with Crippen LogP contribution in [-0.2, 0) is 4.79 Å². The summed E-state index contributed by atoms with van der Waals surface area (Å²) in [6.07, 6.45) is 6.90. The third kappa shape index (κ3) is 3.89. The molecule has 3 rings (SSSR count). The molecule has 0 spiro atoms. The summed E-state index contributed by atoms with van der Waals surface area (Å²) in [5.74, 6) is 0.788. The van der Waals surface area contributed by atoms with E-state index in [1.54, 1.807) is 17.0 Å². The molecule has 5 heteroatoms. The quantitative estimate of drug-likeness (QED) is 0.867. The van der Waals surface area contributed by atoms with Gasteiger partial charge < -0.3 is 15.5 Å². The maximum atomic E-state index is 12.6. The molecule has 1 aromatic rings. The highest BCUT2D eigenvalue weighted by Gasteiger charge is 2.27. The van der Waals surface area contributed by atoms with Gasteiger partial charge in [-0.15, -0.1) is 0 Å². The Morgan fingerprint density at radius 1 is 0.958 bits per heavy atom. The molecule has 2 fully saturated rings. The number of carbonyl (C=O) groups is 2. The van der Waals surface area contributed by atoms with Crippen LogP contribution >= 0.6 is 0 Å². The Hall–Kier alpha value is -2.04. The molecule has 130 valence electrons. The van der Waals surface area contributed by atoms with E-state index in [1.807, 2.05) is 17.0 Å². The van der Waals surface area contributed by atoms with Crippen LogP contribution in [-0.4, -0.2) is 47.8 Å². The second-order valence-corrected chi connectivity index (χ2v) is 6.97. The van der Waals surface area contributed by atoms with Crippen LogP contribution in [0.2, 0.25) is 0 Å². The molecule has 1 aliphatic carbocycles. The Morgan fingerprint density at radius 2 is 1.58 bits per heavy atom. The van der Waals surface area contributed by atoms with Crippen molar-refractivity contribution < 1.29 is 9.59 Å². The van der Waals surface area contributed by atoms with Crippen LogP contribution in [0.4, 0.5) is 5.69 Å². The van der Waals surface area contributed by atoms with E-state index in [0.29, 0.717) is 49.8 Å². The summed E-state index contributed by atoms with van der Waals surface area (Å²) in [6, 6.07) is 7.16. The highest BCUT2D eigenvalue weighted by Crippen LogP contribution is 2.27. The van der Waals surface area contributed by atoms with Crippen molar-refractivity contribution in [3.8, 4) is 0 Å². The maximum Gasteiger partial charge on any atom is 0.256 e. The number of nitrogens with two attached hydrogens (primary N) is 1. The van der Waals surface area contributed by atoms with Crippen LogP contribution in [0.1, 0.15) is 48.9 Å². The van der Waals surface area contributed by atoms with Crippen molar-refractivity contribution in [1.82, 2.24) is 9.80 Å². The normalized spacial score (nSPS) is 19.3. The zero-order chi connectivity index (χ0) is 16.9. The average molecular weight is 329 g/mol. The molecule has 5 nitrogen and oxygen atoms in total. The second kappa shape index (κ2) is 7.69. The average Bonchev–Trinajstić information content (AvgIpc) is 2.62. The van der Waals surface area contributed by atoms with Gasteiger partial charge in [0.25, 0.3) is 5.91 Å². The van der Waals surface area contributed by atoms with Crippen molar-refractivity contribution in [2.24, 2.45) is 5.92 Å². The summed E-state index contributed by atoms with van der Waals surface area (Å²) >= 11 is 0. The summed E-state index contributed by atoms with van der Waals surface area (Å²) in [6.45, 7) is 2.43. The minimum atomic E-state index is -0.0347. The Morgan fingerprint density at radius 3 is 2.25 bits per heavy atom. The fraction of sp³-hybridized carbons (Fsp3) is 0.579. The molecule has 0 unspecified atom stereocenters. The largest absolute Gasteiger partial charge is 0.398 e. The molecule has 1 aliphatic heterocycles. The van der Waals surface area contributed by atoms with Gasteiger partial charge in [0.1, 0.15) is 0 Å². The molecule has 2 amide bonds. The first-order valence-corrected chi connectivity index (χ1v) is 9.06. The van der Waals surface area contributed by atoms with Crippen molar-refractivity contribution in [2.45, 2.75) is 38.5 Å². The molecule has 1 saturated carbocycles. The van der Waals surface area contributed by atoms with Gasteiger partial charge in [0.2, 0.25) is 5.91 Å². The predicted octanol–water partition coefficient (Wildman–Crippen LogP) is 2.52. The number of nitrogen functional groups attached to an aromatic ring is 1. The predicted molar refractivity (Wildman–Crippen MR) is 94.5 cm³/mol. The lowest BCUT2D eigenvalue weighted by Gasteiger charge is -2.36. The minimum Gasteiger partial charge on any atom is -0.398 e. The zero-order valence-corrected chi connectivity index (χ0v) is 14.2. The van der Waals surface area contributed by atoms with Crippen LogP contribution in [0.15, 0.2) is 24.3 Å². The summed E-state index contributed by atoms with van der Waals surface area (Å²) in [5.41, 5.74) is 6.96. The highest BCUT2D eigenvalue weighted by atomic mass is 16.2. The Labute approximate surface area is 143 Å². The van der Waals surface area contributed by atoms with Gasteiger partial charge in [-0.3, -0.25) is 9.59 Å². The first-order chi connectivity index (χ1) is 11.6. The molecule has 24 heavy (non-hydrogen) atoms. The van der Waals surface area contributed by atoms with Crippen molar-refractivity contribution in [3.05, 3.63) is 29.8 Å². The smallest absolute Gasteiger partial charge is 0.256 e. The fourth-order valence-electron chi connectivity index (χ4n) is 3.79. The summed E-state index contributed by atoms with van der Waals surface area (Å²) < 4.78 is 0. The first-order valence-electron chi connectivity index (χ1n) is 9.06. The molecular formula is C19H27N3O2. The maximum absolute atomic E-state index is 12.6. The highest BCUT2D eigenvalue weighted by molar-refractivity contribution is 5.99. The molecule has 1 heterocycles. The van der Waals surface area contributed by atoms with Crippen molar-refractivity contribution in [3.63, 3.8) is 0 Å². The van der Waals surface area contributed by atoms with Crippen LogP contribution in [0.25, 0.3) is 0 Å². The number of piperazine rings is 1. The van der Waals surface area contributed by atoms with Gasteiger partial charge in [0.15, 0.2) is 0 Å². The number of nitrogens with zero attached hydrogens (tertiary/aromatic N) is 2. The number of rotatable bonds is 3. The van der Waals surface area contributed by atoms with Crippen LogP contribution in [0.5, 0.6) is 0 Å².